The number of ether oxygens (including phenoxy) is 1. The highest BCUT2D eigenvalue weighted by atomic mass is 35.5. The van der Waals surface area contributed by atoms with E-state index in [0.29, 0.717) is 47.0 Å². The number of halogens is 2. The molecule has 0 radical (unpaired) electrons. The highest BCUT2D eigenvalue weighted by Crippen LogP contribution is 2.50. The maximum absolute atomic E-state index is 13.7. The summed E-state index contributed by atoms with van der Waals surface area (Å²) in [7, 11) is 2.14. The largest absolute Gasteiger partial charge is 0.490 e. The average Bonchev–Trinajstić information content (AvgIpc) is 3.64. The first-order valence-corrected chi connectivity index (χ1v) is 14.5. The lowest BCUT2D eigenvalue weighted by atomic mass is 9.92. The predicted octanol–water partition coefficient (Wildman–Crippen LogP) is 5.86. The van der Waals surface area contributed by atoms with Crippen molar-refractivity contribution in [3.63, 3.8) is 0 Å². The Labute approximate surface area is 246 Å². The fraction of sp³-hybridized carbons (Fsp3) is 0.387. The minimum Gasteiger partial charge on any atom is -0.490 e. The van der Waals surface area contributed by atoms with Crippen molar-refractivity contribution in [3.05, 3.63) is 87.7 Å². The van der Waals surface area contributed by atoms with E-state index in [1.54, 1.807) is 29.4 Å². The summed E-state index contributed by atoms with van der Waals surface area (Å²) < 4.78 is 5.93. The van der Waals surface area contributed by atoms with Crippen LogP contribution in [-0.2, 0) is 14.9 Å². The molecule has 0 atom stereocenters. The minimum absolute atomic E-state index is 0.00238. The van der Waals surface area contributed by atoms with Crippen LogP contribution < -0.4 is 5.73 Å². The summed E-state index contributed by atoms with van der Waals surface area (Å²) in [4.78, 5) is 20.5. The van der Waals surface area contributed by atoms with Crippen LogP contribution in [0.3, 0.4) is 0 Å². The molecule has 9 heteroatoms. The number of nitrogens with two attached hydrogens (primary N) is 1. The molecule has 210 valence electrons. The Bertz CT molecular complexity index is 1370. The van der Waals surface area contributed by atoms with Gasteiger partial charge in [-0.15, -0.1) is 0 Å². The molecule has 2 N–H and O–H groups in total. The van der Waals surface area contributed by atoms with Crippen molar-refractivity contribution in [1.29, 1.82) is 0 Å². The number of benzene rings is 2. The molecular weight excluding hydrogens is 545 g/mol. The molecule has 1 amide bonds. The van der Waals surface area contributed by atoms with Crippen molar-refractivity contribution in [2.75, 3.05) is 33.3 Å². The van der Waals surface area contributed by atoms with E-state index in [1.165, 1.54) is 6.20 Å². The fourth-order valence-electron chi connectivity index (χ4n) is 5.29. The molecule has 1 saturated heterocycles. The molecule has 2 heterocycles. The van der Waals surface area contributed by atoms with E-state index in [-0.39, 0.29) is 5.91 Å². The molecule has 0 unspecified atom stereocenters. The predicted molar refractivity (Wildman–Crippen MR) is 163 cm³/mol. The minimum atomic E-state index is -0.587. The van der Waals surface area contributed by atoms with Gasteiger partial charge in [0, 0.05) is 28.2 Å². The van der Waals surface area contributed by atoms with Gasteiger partial charge in [0.2, 0.25) is 0 Å². The number of amides is 1. The number of carbonyl (C=O) groups excluding carboxylic acids is 1. The van der Waals surface area contributed by atoms with E-state index in [0.717, 1.165) is 61.2 Å². The maximum Gasteiger partial charge on any atom is 0.253 e. The molecule has 2 aliphatic heterocycles. The Morgan fingerprint density at radius 2 is 1.98 bits per heavy atom. The van der Waals surface area contributed by atoms with Gasteiger partial charge < -0.3 is 15.4 Å². The number of hydrogen-bond acceptors (Lipinski definition) is 6. The highest BCUT2D eigenvalue weighted by Gasteiger charge is 2.54. The normalized spacial score (nSPS) is 19.6. The van der Waals surface area contributed by atoms with Crippen molar-refractivity contribution in [3.8, 4) is 0 Å². The number of hydrazone groups is 1. The number of piperidine rings is 1. The van der Waals surface area contributed by atoms with Gasteiger partial charge in [-0.3, -0.25) is 9.79 Å². The van der Waals surface area contributed by atoms with Crippen molar-refractivity contribution < 1.29 is 9.53 Å². The molecule has 1 saturated carbocycles. The lowest BCUT2D eigenvalue weighted by Gasteiger charge is -2.28. The van der Waals surface area contributed by atoms with Gasteiger partial charge in [0.1, 0.15) is 0 Å². The summed E-state index contributed by atoms with van der Waals surface area (Å²) >= 11 is 12.5. The first kappa shape index (κ1) is 28.4. The van der Waals surface area contributed by atoms with Crippen molar-refractivity contribution in [1.82, 2.24) is 9.91 Å². The summed E-state index contributed by atoms with van der Waals surface area (Å²) in [6, 6.07) is 13.2. The van der Waals surface area contributed by atoms with Crippen molar-refractivity contribution in [2.45, 2.75) is 37.5 Å². The lowest BCUT2D eigenvalue weighted by Crippen LogP contribution is -2.34. The molecule has 3 aliphatic rings. The SMILES string of the molecule is C=C(/N=C\C(=C/N)OCC1CCN(C)CC1)c1cccc(C2(C(=O)N3CCC(c4cc(Cl)ccc4Cl)=N3)CC2)c1. The maximum atomic E-state index is 13.7. The van der Waals surface area contributed by atoms with E-state index >= 15 is 0 Å². The van der Waals surface area contributed by atoms with E-state index in [2.05, 4.69) is 28.6 Å². The molecule has 0 spiro atoms. The number of allylic oxidation sites excluding steroid dienone is 1. The second-order valence-electron chi connectivity index (χ2n) is 10.8. The van der Waals surface area contributed by atoms with Crippen LogP contribution in [0.25, 0.3) is 5.70 Å². The van der Waals surface area contributed by atoms with Gasteiger partial charge in [-0.05, 0) is 87.1 Å². The molecule has 2 aromatic carbocycles. The highest BCUT2D eigenvalue weighted by molar-refractivity contribution is 6.36. The number of likely N-dealkylation sites (tertiary alicyclic amines) is 1. The smallest absolute Gasteiger partial charge is 0.253 e. The van der Waals surface area contributed by atoms with Gasteiger partial charge in [-0.25, -0.2) is 5.01 Å². The first-order chi connectivity index (χ1) is 19.3. The zero-order chi connectivity index (χ0) is 28.3. The van der Waals surface area contributed by atoms with Crippen LogP contribution in [-0.4, -0.2) is 61.0 Å². The van der Waals surface area contributed by atoms with Crippen LogP contribution >= 0.6 is 23.2 Å². The summed E-state index contributed by atoms with van der Waals surface area (Å²) in [5.41, 5.74) is 9.12. The monoisotopic (exact) mass is 579 g/mol. The lowest BCUT2D eigenvalue weighted by molar-refractivity contribution is -0.133. The fourth-order valence-corrected chi connectivity index (χ4v) is 5.69. The number of rotatable bonds is 9. The Hall–Kier alpha value is -3.13. The molecule has 2 fully saturated rings. The molecule has 1 aliphatic carbocycles. The summed E-state index contributed by atoms with van der Waals surface area (Å²) in [6.07, 6.45) is 7.45. The number of carbonyl (C=O) groups is 1. The molecule has 0 aromatic heterocycles. The van der Waals surface area contributed by atoms with Gasteiger partial charge in [0.15, 0.2) is 5.76 Å². The van der Waals surface area contributed by atoms with Crippen LogP contribution in [0, 0.1) is 5.92 Å². The van der Waals surface area contributed by atoms with Crippen LogP contribution in [0.15, 0.2) is 71.1 Å². The second kappa shape index (κ2) is 12.2. The molecular formula is C31H35Cl2N5O2. The van der Waals surface area contributed by atoms with E-state index < -0.39 is 5.41 Å². The Kier molecular flexibility index (Phi) is 8.64. The van der Waals surface area contributed by atoms with Gasteiger partial charge in [-0.1, -0.05) is 48.0 Å². The third-order valence-electron chi connectivity index (χ3n) is 8.02. The van der Waals surface area contributed by atoms with Crippen LogP contribution in [0.2, 0.25) is 10.0 Å². The summed E-state index contributed by atoms with van der Waals surface area (Å²) in [5.74, 6) is 1.04. The topological polar surface area (TPSA) is 83.5 Å². The van der Waals surface area contributed by atoms with E-state index in [9.17, 15) is 4.79 Å². The zero-order valence-corrected chi connectivity index (χ0v) is 24.3. The van der Waals surface area contributed by atoms with Crippen molar-refractivity contribution >= 4 is 46.7 Å². The molecule has 5 rings (SSSR count). The Balaban J connectivity index is 1.24. The molecule has 0 bridgehead atoms. The van der Waals surface area contributed by atoms with E-state index in [4.69, 9.17) is 33.7 Å². The number of aliphatic imine (C=N–C) groups is 1. The third kappa shape index (κ3) is 6.27. The standard InChI is InChI=1S/C31H35Cl2N5O2/c1-21(35-19-26(18-34)40-20-22-8-13-37(2)14-9-22)23-4-3-5-24(16-23)31(11-12-31)30(39)38-15-10-29(36-38)27-17-25(32)6-7-28(27)33/h3-7,16-19,22H,1,8-15,20,34H2,2H3/b26-18+,35-19-. The second-order valence-corrected chi connectivity index (χ2v) is 11.7. The number of nitrogens with zero attached hydrogens (tertiary/aromatic N) is 4. The first-order valence-electron chi connectivity index (χ1n) is 13.7. The van der Waals surface area contributed by atoms with Crippen LogP contribution in [0.5, 0.6) is 0 Å². The van der Waals surface area contributed by atoms with Crippen molar-refractivity contribution in [2.24, 2.45) is 21.7 Å². The number of hydrogen-bond donors (Lipinski definition) is 1. The third-order valence-corrected chi connectivity index (χ3v) is 8.58. The average molecular weight is 581 g/mol. The Morgan fingerprint density at radius 1 is 1.20 bits per heavy atom. The van der Waals surface area contributed by atoms with Gasteiger partial charge in [-0.2, -0.15) is 5.10 Å². The summed E-state index contributed by atoms with van der Waals surface area (Å²) in [6.45, 7) is 7.46. The summed E-state index contributed by atoms with van der Waals surface area (Å²) in [5, 5.41) is 7.39. The van der Waals surface area contributed by atoms with Crippen LogP contribution in [0.4, 0.5) is 0 Å². The quantitative estimate of drug-likeness (QED) is 0.298. The zero-order valence-electron chi connectivity index (χ0n) is 22.8. The van der Waals surface area contributed by atoms with E-state index in [1.807, 2.05) is 24.3 Å². The molecule has 7 nitrogen and oxygen atoms in total. The van der Waals surface area contributed by atoms with Crippen LogP contribution in [0.1, 0.15) is 48.8 Å². The Morgan fingerprint density at radius 3 is 2.70 bits per heavy atom. The molecule has 2 aromatic rings. The van der Waals surface area contributed by atoms with Gasteiger partial charge >= 0.3 is 0 Å². The molecule has 40 heavy (non-hydrogen) atoms. The van der Waals surface area contributed by atoms with Gasteiger partial charge in [0.25, 0.3) is 5.91 Å². The van der Waals surface area contributed by atoms with Gasteiger partial charge in [0.05, 0.1) is 36.2 Å².